The van der Waals surface area contributed by atoms with Crippen LogP contribution >= 0.6 is 7.84 Å². The molecular weight excluding hydrogens is 884 g/mol. The molecule has 0 saturated carbocycles. The minimum atomic E-state index is -5.05. The van der Waals surface area contributed by atoms with Crippen molar-refractivity contribution in [2.24, 2.45) is 11.8 Å². The van der Waals surface area contributed by atoms with Crippen LogP contribution in [0.2, 0.25) is 0 Å². The minimum Gasteiger partial charge on any atom is -0.328 e. The number of hydrogen-bond acceptors (Lipinski definition) is 1. The van der Waals surface area contributed by atoms with Gasteiger partial charge in [-0.05, 0) is 130 Å². The molecule has 9 rings (SSSR count). The minimum absolute atomic E-state index is 0.0526. The predicted molar refractivity (Wildman–Crippen MR) is 269 cm³/mol. The molecule has 0 saturated heterocycles. The Kier molecular flexibility index (Phi) is 11.8. The van der Waals surface area contributed by atoms with Crippen molar-refractivity contribution < 1.29 is 26.3 Å². The fourth-order valence-electron chi connectivity index (χ4n) is 11.6. The SMILES string of the molecule is C=c1n(-c2ccc(C)cc2C(C)c2c(C)cc(C)cc2C)c2c3cccc4cccc(c=2n(-c2ccc(C)cc2C(C)C2C(C)=CC(C)=CC2C)p1Nc1cc(C(F)(F)F)cc(C(F)(F)F)c1)c43. The van der Waals surface area contributed by atoms with Gasteiger partial charge in [0, 0.05) is 27.8 Å². The molecule has 68 heavy (non-hydrogen) atoms. The van der Waals surface area contributed by atoms with E-state index in [2.05, 4.69) is 155 Å². The van der Waals surface area contributed by atoms with Crippen molar-refractivity contribution in [3.63, 3.8) is 0 Å². The number of rotatable bonds is 8. The number of fused-ring (bicyclic) bond motifs is 2. The fourth-order valence-corrected chi connectivity index (χ4v) is 13.6. The molecule has 1 heterocycles. The highest BCUT2D eigenvalue weighted by molar-refractivity contribution is 7.47. The Morgan fingerprint density at radius 3 is 1.78 bits per heavy atom. The Hall–Kier alpha value is -6.18. The predicted octanol–water partition coefficient (Wildman–Crippen LogP) is 16.8. The molecule has 0 aromatic heterocycles. The Balaban J connectivity index is 1.48. The van der Waals surface area contributed by atoms with E-state index in [0.717, 1.165) is 94.7 Å². The molecule has 3 nitrogen and oxygen atoms in total. The van der Waals surface area contributed by atoms with Crippen LogP contribution in [0.25, 0.3) is 39.5 Å². The number of aromatic nitrogens is 2. The van der Waals surface area contributed by atoms with Crippen LogP contribution in [0.15, 0.2) is 126 Å². The second kappa shape index (κ2) is 17.1. The standard InChI is InChI=1S/C58H56F6N3P/c1-31-18-20-50(48(26-31)39(9)52-35(5)22-33(3)23-36(52)6)66-41(11)68(65-45-29-43(57(59,60)61)28-44(30-45)58(62,63)64)67(56-47-17-13-15-42-14-12-16-46(54(42)47)55(56)66)51-21-19-32(2)27-49(51)40(10)53-37(7)24-34(4)25-38(53)8/h12-30,37,39-40,53,65H,11H2,1-10H3. The topological polar surface area (TPSA) is 21.9 Å². The summed E-state index contributed by atoms with van der Waals surface area (Å²) in [6.07, 6.45) is -5.58. The second-order valence-corrected chi connectivity index (χ2v) is 21.1. The van der Waals surface area contributed by atoms with Gasteiger partial charge in [0.1, 0.15) is 0 Å². The van der Waals surface area contributed by atoms with Gasteiger partial charge in [-0.15, -0.1) is 0 Å². The molecule has 6 aromatic rings. The van der Waals surface area contributed by atoms with E-state index in [4.69, 9.17) is 6.58 Å². The van der Waals surface area contributed by atoms with Gasteiger partial charge >= 0.3 is 12.4 Å². The molecular formula is C58H56F6N3P. The summed E-state index contributed by atoms with van der Waals surface area (Å²) in [7, 11) is -2.14. The third kappa shape index (κ3) is 8.10. The van der Waals surface area contributed by atoms with Crippen LogP contribution < -0.4 is 10.2 Å². The molecule has 0 fully saturated rings. The Morgan fingerprint density at radius 2 is 1.21 bits per heavy atom. The summed E-state index contributed by atoms with van der Waals surface area (Å²) in [6, 6.07) is 31.1. The molecule has 0 bridgehead atoms. The summed E-state index contributed by atoms with van der Waals surface area (Å²) >= 11 is 0. The molecule has 1 N–H and O–H groups in total. The number of alkyl halides is 6. The van der Waals surface area contributed by atoms with Gasteiger partial charge in [-0.2, -0.15) is 26.3 Å². The van der Waals surface area contributed by atoms with Crippen molar-refractivity contribution in [3.8, 4) is 11.4 Å². The first-order valence-electron chi connectivity index (χ1n) is 23.1. The van der Waals surface area contributed by atoms with Crippen LogP contribution in [0.4, 0.5) is 32.0 Å². The number of hydrogen-bond donors (Lipinski definition) is 1. The van der Waals surface area contributed by atoms with Crippen LogP contribution in [-0.4, -0.2) is 8.90 Å². The van der Waals surface area contributed by atoms with E-state index >= 15 is 0 Å². The molecule has 5 atom stereocenters. The molecule has 1 aliphatic heterocycles. The van der Waals surface area contributed by atoms with E-state index in [9.17, 15) is 26.3 Å². The van der Waals surface area contributed by atoms with Gasteiger partial charge in [0.05, 0.1) is 46.1 Å². The van der Waals surface area contributed by atoms with Gasteiger partial charge in [0.2, 0.25) is 0 Å². The Labute approximate surface area is 395 Å². The van der Waals surface area contributed by atoms with Gasteiger partial charge in [-0.25, -0.2) is 0 Å². The van der Waals surface area contributed by atoms with Crippen molar-refractivity contribution in [2.45, 2.75) is 93.4 Å². The summed E-state index contributed by atoms with van der Waals surface area (Å²) in [5, 5.41) is 9.37. The molecule has 0 amide bonds. The van der Waals surface area contributed by atoms with Gasteiger partial charge in [-0.1, -0.05) is 140 Å². The number of nitrogens with one attached hydrogen (secondary N) is 1. The third-order valence-corrected chi connectivity index (χ3v) is 16.1. The van der Waals surface area contributed by atoms with Crippen LogP contribution in [0.3, 0.4) is 0 Å². The maximum atomic E-state index is 14.6. The van der Waals surface area contributed by atoms with E-state index in [1.807, 2.05) is 25.1 Å². The molecule has 0 radical (unpaired) electrons. The monoisotopic (exact) mass is 939 g/mol. The van der Waals surface area contributed by atoms with Crippen molar-refractivity contribution >= 4 is 41.7 Å². The van der Waals surface area contributed by atoms with Gasteiger partial charge in [0.15, 0.2) is 0 Å². The maximum absolute atomic E-state index is 14.6. The zero-order chi connectivity index (χ0) is 48.9. The highest BCUT2D eigenvalue weighted by atomic mass is 31.1. The average Bonchev–Trinajstić information content (AvgIpc) is 3.57. The van der Waals surface area contributed by atoms with E-state index < -0.39 is 31.3 Å². The lowest BCUT2D eigenvalue weighted by molar-refractivity contribution is -0.143. The maximum Gasteiger partial charge on any atom is 0.416 e. The van der Waals surface area contributed by atoms with Gasteiger partial charge < -0.3 is 9.65 Å². The summed E-state index contributed by atoms with van der Waals surface area (Å²) in [4.78, 5) is 0. The fraction of sp³-hybridized carbons (Fsp3) is 0.276. The second-order valence-electron chi connectivity index (χ2n) is 19.3. The van der Waals surface area contributed by atoms with Crippen molar-refractivity contribution in [1.29, 1.82) is 0 Å². The molecule has 10 heteroatoms. The first-order chi connectivity index (χ1) is 32.0. The first kappa shape index (κ1) is 46.9. The van der Waals surface area contributed by atoms with E-state index in [-0.39, 0.29) is 35.4 Å². The van der Waals surface area contributed by atoms with Crippen LogP contribution in [0, 0.1) is 57.2 Å². The quantitative estimate of drug-likeness (QED) is 0.151. The van der Waals surface area contributed by atoms with Crippen LogP contribution in [-0.2, 0) is 12.4 Å². The summed E-state index contributed by atoms with van der Waals surface area (Å²) < 4.78 is 92.2. The van der Waals surface area contributed by atoms with Crippen molar-refractivity contribution in [2.75, 3.05) is 5.09 Å². The summed E-state index contributed by atoms with van der Waals surface area (Å²) in [6.45, 7) is 26.2. The normalized spacial score (nSPS) is 16.9. The van der Waals surface area contributed by atoms with Crippen molar-refractivity contribution in [1.82, 2.24) is 8.90 Å². The summed E-state index contributed by atoms with van der Waals surface area (Å²) in [5.41, 5.74) is 9.74. The number of anilines is 1. The summed E-state index contributed by atoms with van der Waals surface area (Å²) in [5.74, 6) is 0.141. The first-order valence-corrected chi connectivity index (χ1v) is 24.4. The Bertz CT molecular complexity index is 3460. The largest absolute Gasteiger partial charge is 0.416 e. The lowest BCUT2D eigenvalue weighted by atomic mass is 9.72. The van der Waals surface area contributed by atoms with Gasteiger partial charge in [0.25, 0.3) is 0 Å². The van der Waals surface area contributed by atoms with E-state index in [1.165, 1.54) is 16.7 Å². The number of aryl methyl sites for hydroxylation is 5. The molecule has 3 aliphatic rings. The number of allylic oxidation sites excluding steroid dienone is 4. The Morgan fingerprint density at radius 1 is 0.647 bits per heavy atom. The van der Waals surface area contributed by atoms with Crippen molar-refractivity contribution in [3.05, 3.63) is 198 Å². The average molecular weight is 940 g/mol. The number of benzene rings is 6. The molecule has 2 aliphatic carbocycles. The zero-order valence-electron chi connectivity index (χ0n) is 40.1. The van der Waals surface area contributed by atoms with Gasteiger partial charge in [-0.3, -0.25) is 4.33 Å². The molecule has 350 valence electrons. The van der Waals surface area contributed by atoms with Crippen LogP contribution in [0.5, 0.6) is 0 Å². The van der Waals surface area contributed by atoms with Crippen LogP contribution in [0.1, 0.15) is 102 Å². The third-order valence-electron chi connectivity index (χ3n) is 14.2. The highest BCUT2D eigenvalue weighted by Crippen LogP contribution is 2.46. The number of halogens is 6. The van der Waals surface area contributed by atoms with E-state index in [0.29, 0.717) is 5.08 Å². The lowest BCUT2D eigenvalue weighted by Gasteiger charge is -2.34. The number of nitrogens with zero attached hydrogens (tertiary/aromatic N) is 2. The molecule has 5 unspecified atom stereocenters. The van der Waals surface area contributed by atoms with E-state index in [1.54, 1.807) is 0 Å². The molecule has 0 spiro atoms. The smallest absolute Gasteiger partial charge is 0.328 e. The zero-order valence-corrected chi connectivity index (χ0v) is 41.0. The highest BCUT2D eigenvalue weighted by Gasteiger charge is 2.38. The molecule has 6 aromatic carbocycles. The lowest BCUT2D eigenvalue weighted by Crippen LogP contribution is -2.26.